The van der Waals surface area contributed by atoms with Crippen molar-refractivity contribution in [2.75, 3.05) is 6.54 Å². The minimum absolute atomic E-state index is 0.140. The number of hydrogen-bond donors (Lipinski definition) is 0. The number of benzene rings is 3. The Morgan fingerprint density at radius 3 is 2.23 bits per heavy atom. The number of sulfonamides is 1. The number of halogens is 4. The monoisotopic (exact) mass is 585 g/mol. The van der Waals surface area contributed by atoms with Gasteiger partial charge in [0.15, 0.2) is 0 Å². The van der Waals surface area contributed by atoms with E-state index in [0.29, 0.717) is 11.6 Å². The van der Waals surface area contributed by atoms with Crippen LogP contribution in [0.3, 0.4) is 0 Å². The molecule has 182 valence electrons. The van der Waals surface area contributed by atoms with E-state index in [9.17, 15) is 21.6 Å². The minimum atomic E-state index is -4.56. The fourth-order valence-corrected chi connectivity index (χ4v) is 6.47. The van der Waals surface area contributed by atoms with Crippen molar-refractivity contribution in [3.63, 3.8) is 0 Å². The summed E-state index contributed by atoms with van der Waals surface area (Å²) in [6.07, 6.45) is -4.56. The van der Waals surface area contributed by atoms with Crippen LogP contribution in [-0.4, -0.2) is 45.4 Å². The molecule has 1 aliphatic rings. The molecule has 0 bridgehead atoms. The van der Waals surface area contributed by atoms with Gasteiger partial charge >= 0.3 is 213 Å². The molecule has 1 atom stereocenters. The second-order valence-corrected chi connectivity index (χ2v) is 11.3. The van der Waals surface area contributed by atoms with Crippen LogP contribution in [-0.2, 0) is 16.2 Å². The van der Waals surface area contributed by atoms with Crippen LogP contribution in [0, 0.1) is 0 Å². The number of hydrogen-bond acceptors (Lipinski definition) is 3. The number of nitrogens with zero attached hydrogens (tertiary/aromatic N) is 3. The Hall–Kier alpha value is -2.65. The molecule has 0 spiro atoms. The fraction of sp³-hybridized carbons (Fsp3) is 0.167. The Morgan fingerprint density at radius 1 is 1.03 bits per heavy atom. The third-order valence-electron chi connectivity index (χ3n) is 5.34. The predicted molar refractivity (Wildman–Crippen MR) is 132 cm³/mol. The second-order valence-electron chi connectivity index (χ2n) is 7.61. The van der Waals surface area contributed by atoms with E-state index >= 15 is 0 Å². The Bertz CT molecular complexity index is 1360. The number of rotatable bonds is 5. The molecule has 0 N–H and O–H groups in total. The molecule has 5 nitrogen and oxygen atoms in total. The van der Waals surface area contributed by atoms with E-state index in [0.717, 1.165) is 41.1 Å². The van der Waals surface area contributed by atoms with Gasteiger partial charge in [0, 0.05) is 0 Å². The van der Waals surface area contributed by atoms with Gasteiger partial charge in [-0.25, -0.2) is 0 Å². The van der Waals surface area contributed by atoms with Crippen LogP contribution in [0.25, 0.3) is 0 Å². The third-order valence-corrected chi connectivity index (χ3v) is 8.53. The molecule has 0 fully saturated rings. The van der Waals surface area contributed by atoms with Crippen molar-refractivity contribution >= 4 is 47.0 Å². The molecule has 0 saturated heterocycles. The van der Waals surface area contributed by atoms with E-state index in [1.165, 1.54) is 0 Å². The fourth-order valence-electron chi connectivity index (χ4n) is 3.61. The van der Waals surface area contributed by atoms with Crippen LogP contribution < -0.4 is 0 Å². The molecule has 35 heavy (non-hydrogen) atoms. The van der Waals surface area contributed by atoms with E-state index in [4.69, 9.17) is 16.7 Å². The average Bonchev–Trinajstić information content (AvgIpc) is 3.28. The van der Waals surface area contributed by atoms with Gasteiger partial charge in [0.05, 0.1) is 0 Å². The van der Waals surface area contributed by atoms with Crippen molar-refractivity contribution in [1.29, 1.82) is 0 Å². The zero-order chi connectivity index (χ0) is 25.2. The zero-order valence-electron chi connectivity index (χ0n) is 18.3. The molecule has 0 aromatic heterocycles. The topological polar surface area (TPSA) is 62.1 Å². The zero-order valence-corrected chi connectivity index (χ0v) is 21.6. The average molecular weight is 585 g/mol. The van der Waals surface area contributed by atoms with E-state index in [2.05, 4.69) is 4.40 Å². The first kappa shape index (κ1) is 25.4. The molecule has 1 unspecified atom stereocenters. The molecule has 1 heterocycles. The van der Waals surface area contributed by atoms with Crippen molar-refractivity contribution in [3.8, 4) is 0 Å². The van der Waals surface area contributed by atoms with Gasteiger partial charge in [-0.3, -0.25) is 0 Å². The summed E-state index contributed by atoms with van der Waals surface area (Å²) in [5.41, 5.74) is 1.68. The summed E-state index contributed by atoms with van der Waals surface area (Å²) in [6.45, 7) is 0.374. The normalized spacial score (nSPS) is 16.9. The molecule has 11 heteroatoms. The predicted octanol–water partition coefficient (Wildman–Crippen LogP) is 5.66. The Labute approximate surface area is 212 Å². The molecule has 4 rings (SSSR count). The van der Waals surface area contributed by atoms with E-state index < -0.39 is 21.8 Å². The van der Waals surface area contributed by atoms with Gasteiger partial charge in [0.2, 0.25) is 0 Å². The third kappa shape index (κ3) is 5.78. The molecule has 0 amide bonds. The Kier molecular flexibility index (Phi) is 7.38. The van der Waals surface area contributed by atoms with Crippen LogP contribution in [0.2, 0.25) is 10.8 Å². The summed E-state index contributed by atoms with van der Waals surface area (Å²) in [7, 11) is -4.23. The van der Waals surface area contributed by atoms with Crippen molar-refractivity contribution in [1.82, 2.24) is 5.01 Å². The van der Waals surface area contributed by atoms with E-state index in [-0.39, 0.29) is 30.5 Å². The summed E-state index contributed by atoms with van der Waals surface area (Å²) in [6, 6.07) is 20.2. The number of hydrazone groups is 1. The summed E-state index contributed by atoms with van der Waals surface area (Å²) in [5.74, 6) is 1.67. The SMILES string of the molecule is C[Se]/C(=N\S(=O)(=O)c1ccc(C(F)(F)F)cc1)N1CC(c2ccccc2)C(c2ccc(Cl)cc2)=N1. The van der Waals surface area contributed by atoms with Crippen molar-refractivity contribution in [2.24, 2.45) is 9.50 Å². The molecule has 3 aromatic carbocycles. The first-order valence-corrected chi connectivity index (χ1v) is 14.7. The van der Waals surface area contributed by atoms with Crippen LogP contribution in [0.15, 0.2) is 93.3 Å². The maximum absolute atomic E-state index is 12.9. The first-order chi connectivity index (χ1) is 16.6. The molecule has 1 aliphatic heterocycles. The van der Waals surface area contributed by atoms with Crippen LogP contribution in [0.5, 0.6) is 0 Å². The summed E-state index contributed by atoms with van der Waals surface area (Å²) in [5, 5.41) is 6.88. The van der Waals surface area contributed by atoms with Gasteiger partial charge in [-0.15, -0.1) is 0 Å². The van der Waals surface area contributed by atoms with Crippen LogP contribution in [0.4, 0.5) is 13.2 Å². The molecule has 0 aliphatic carbocycles. The van der Waals surface area contributed by atoms with E-state index in [1.54, 1.807) is 23.0 Å². The van der Waals surface area contributed by atoms with Gasteiger partial charge < -0.3 is 0 Å². The van der Waals surface area contributed by atoms with E-state index in [1.807, 2.05) is 42.5 Å². The standard InChI is InChI=1S/C24H19ClF3N3O2SSe/c1-35-23(30-34(32,33)20-13-9-18(10-14-20)24(26,27)28)31-15-21(16-5-3-2-4-6-16)22(29-31)17-7-11-19(25)12-8-17/h2-14,21H,15H2,1H3/b30-23-. The molecule has 3 aromatic rings. The summed E-state index contributed by atoms with van der Waals surface area (Å²) in [4.78, 5) is -0.312. The van der Waals surface area contributed by atoms with Crippen molar-refractivity contribution in [3.05, 3.63) is 101 Å². The molecule has 0 saturated carbocycles. The Morgan fingerprint density at radius 2 is 1.66 bits per heavy atom. The van der Waals surface area contributed by atoms with Gasteiger partial charge in [0.25, 0.3) is 0 Å². The van der Waals surface area contributed by atoms with Crippen LogP contribution >= 0.6 is 11.6 Å². The second kappa shape index (κ2) is 10.1. The van der Waals surface area contributed by atoms with Crippen molar-refractivity contribution in [2.45, 2.75) is 22.8 Å². The number of amidine groups is 1. The van der Waals surface area contributed by atoms with Gasteiger partial charge in [-0.05, 0) is 0 Å². The van der Waals surface area contributed by atoms with Gasteiger partial charge in [-0.2, -0.15) is 0 Å². The van der Waals surface area contributed by atoms with Gasteiger partial charge in [-0.1, -0.05) is 0 Å². The first-order valence-electron chi connectivity index (χ1n) is 10.3. The summed E-state index contributed by atoms with van der Waals surface area (Å²) >= 11 is 5.67. The van der Waals surface area contributed by atoms with Crippen molar-refractivity contribution < 1.29 is 21.6 Å². The van der Waals surface area contributed by atoms with Crippen LogP contribution in [0.1, 0.15) is 22.6 Å². The Balaban J connectivity index is 1.70. The summed E-state index contributed by atoms with van der Waals surface area (Å²) < 4.78 is 68.6. The molecular formula is C24H19ClF3N3O2SSe. The molecule has 0 radical (unpaired) electrons. The maximum atomic E-state index is 12.9. The number of alkyl halides is 3. The molecular weight excluding hydrogens is 566 g/mol. The van der Waals surface area contributed by atoms with Gasteiger partial charge in [0.1, 0.15) is 0 Å². The quantitative estimate of drug-likeness (QED) is 0.221.